The summed E-state index contributed by atoms with van der Waals surface area (Å²) in [6, 6.07) is 20.1. The molecule has 3 aromatic carbocycles. The van der Waals surface area contributed by atoms with Crippen LogP contribution < -0.4 is 67.4 Å². The molecule has 0 saturated carbocycles. The van der Waals surface area contributed by atoms with Gasteiger partial charge in [0.05, 0.1) is 23.9 Å². The number of rotatable bonds is 10. The van der Waals surface area contributed by atoms with Gasteiger partial charge in [0.2, 0.25) is 0 Å². The van der Waals surface area contributed by atoms with Crippen molar-refractivity contribution in [3.05, 3.63) is 111 Å². The molecule has 0 bridgehead atoms. The molecule has 0 aliphatic carbocycles. The van der Waals surface area contributed by atoms with Crippen molar-refractivity contribution in [3.8, 4) is 39.4 Å². The summed E-state index contributed by atoms with van der Waals surface area (Å²) < 4.78 is 26.9. The summed E-state index contributed by atoms with van der Waals surface area (Å²) in [6.07, 6.45) is 1.83. The maximum Gasteiger partial charge on any atom is 1.00 e. The van der Waals surface area contributed by atoms with E-state index >= 15 is 0 Å². The average Bonchev–Trinajstić information content (AvgIpc) is 3.42. The zero-order valence-electron chi connectivity index (χ0n) is 26.1. The fraction of sp³-hybridized carbons (Fsp3) is 0.273. The van der Waals surface area contributed by atoms with Gasteiger partial charge in [0, 0.05) is 12.0 Å². The SMILES string of the molecule is CCCc1nc(CC)c(-c2ccc(OC(C)C)c(F)c2)c(=O)n1Cc1ccc(-c2ccccc2-c2noc(=O)[nH]2)cc1.[H-].[K+]. The largest absolute Gasteiger partial charge is 1.00 e. The summed E-state index contributed by atoms with van der Waals surface area (Å²) in [5.41, 5.74) is 4.76. The van der Waals surface area contributed by atoms with E-state index in [1.54, 1.807) is 16.7 Å². The second-order valence-electron chi connectivity index (χ2n) is 10.3. The number of aromatic nitrogens is 4. The Kier molecular flexibility index (Phi) is 11.1. The second kappa shape index (κ2) is 14.5. The molecule has 43 heavy (non-hydrogen) atoms. The van der Waals surface area contributed by atoms with Crippen LogP contribution in [0.5, 0.6) is 5.75 Å². The van der Waals surface area contributed by atoms with Gasteiger partial charge in [-0.3, -0.25) is 18.9 Å². The van der Waals surface area contributed by atoms with E-state index in [1.807, 2.05) is 76.2 Å². The predicted octanol–water partition coefficient (Wildman–Crippen LogP) is 3.53. The molecule has 8 nitrogen and oxygen atoms in total. The predicted molar refractivity (Wildman–Crippen MR) is 161 cm³/mol. The van der Waals surface area contributed by atoms with Gasteiger partial charge in [-0.2, -0.15) is 0 Å². The van der Waals surface area contributed by atoms with Gasteiger partial charge >= 0.3 is 57.1 Å². The molecule has 0 aliphatic rings. The molecular formula is C33H34FKN4O4. The maximum absolute atomic E-state index is 14.9. The smallest absolute Gasteiger partial charge is 1.00 e. The van der Waals surface area contributed by atoms with E-state index in [0.717, 1.165) is 28.7 Å². The van der Waals surface area contributed by atoms with Gasteiger partial charge in [0.1, 0.15) is 5.82 Å². The number of hydrogen-bond acceptors (Lipinski definition) is 6. The van der Waals surface area contributed by atoms with Gasteiger partial charge in [-0.05, 0) is 61.1 Å². The molecule has 0 saturated heterocycles. The average molecular weight is 609 g/mol. The van der Waals surface area contributed by atoms with Gasteiger partial charge < -0.3 is 6.16 Å². The normalized spacial score (nSPS) is 11.0. The van der Waals surface area contributed by atoms with Crippen LogP contribution in [0, 0.1) is 5.82 Å². The minimum Gasteiger partial charge on any atom is -1.00 e. The van der Waals surface area contributed by atoms with E-state index in [2.05, 4.69) is 10.1 Å². The number of hydrogen-bond donors (Lipinski definition) is 1. The summed E-state index contributed by atoms with van der Waals surface area (Å²) in [6.45, 7) is 7.98. The van der Waals surface area contributed by atoms with Crippen molar-refractivity contribution in [2.45, 2.75) is 59.6 Å². The zero-order chi connectivity index (χ0) is 29.8. The van der Waals surface area contributed by atoms with E-state index < -0.39 is 11.6 Å². The maximum atomic E-state index is 14.9. The summed E-state index contributed by atoms with van der Waals surface area (Å²) in [5, 5.41) is 3.83. The number of nitrogens with one attached hydrogen (secondary N) is 1. The molecule has 0 amide bonds. The molecule has 5 aromatic rings. The van der Waals surface area contributed by atoms with Crippen molar-refractivity contribution < 1.29 is 66.5 Å². The minimum absolute atomic E-state index is 0. The standard InChI is InChI=1S/C33H33FN4O4.K.H/c1-5-9-29-35-27(6-2)30(23-16-17-28(26(34)18-23)41-20(3)4)32(39)38(29)19-21-12-14-22(15-13-21)24-10-7-8-11-25(24)31-36-33(40)42-37-31;;/h7-8,10-18,20H,5-6,9,19H2,1-4H3,(H,36,37,40);;/q;+1;-1. The monoisotopic (exact) mass is 608 g/mol. The Labute approximate surface area is 293 Å². The van der Waals surface area contributed by atoms with Gasteiger partial charge in [0.15, 0.2) is 17.4 Å². The van der Waals surface area contributed by atoms with Crippen LogP contribution in [0.15, 0.2) is 80.8 Å². The first-order valence-corrected chi connectivity index (χ1v) is 14.1. The van der Waals surface area contributed by atoms with Crippen molar-refractivity contribution in [3.63, 3.8) is 0 Å². The molecule has 0 atom stereocenters. The summed E-state index contributed by atoms with van der Waals surface area (Å²) in [7, 11) is 0. The zero-order valence-corrected chi connectivity index (χ0v) is 28.2. The summed E-state index contributed by atoms with van der Waals surface area (Å²) in [5.74, 6) is 0.0721. The topological polar surface area (TPSA) is 103 Å². The van der Waals surface area contributed by atoms with Crippen molar-refractivity contribution in [1.82, 2.24) is 19.7 Å². The molecule has 5 rings (SSSR count). The van der Waals surface area contributed by atoms with E-state index in [1.165, 1.54) is 6.07 Å². The number of ether oxygens (including phenoxy) is 1. The van der Waals surface area contributed by atoms with Crippen LogP contribution in [0.4, 0.5) is 4.39 Å². The first-order chi connectivity index (χ1) is 20.3. The Morgan fingerprint density at radius 1 is 1.00 bits per heavy atom. The first kappa shape index (κ1) is 32.8. The third-order valence-electron chi connectivity index (χ3n) is 6.94. The molecule has 0 fully saturated rings. The fourth-order valence-corrected chi connectivity index (χ4v) is 5.04. The molecule has 2 heterocycles. The van der Waals surface area contributed by atoms with Gasteiger partial charge in [-0.1, -0.05) is 73.6 Å². The number of aromatic amines is 1. The first-order valence-electron chi connectivity index (χ1n) is 14.1. The summed E-state index contributed by atoms with van der Waals surface area (Å²) >= 11 is 0. The third kappa shape index (κ3) is 7.33. The number of aryl methyl sites for hydroxylation is 2. The van der Waals surface area contributed by atoms with Crippen molar-refractivity contribution in [2.75, 3.05) is 0 Å². The third-order valence-corrected chi connectivity index (χ3v) is 6.94. The van der Waals surface area contributed by atoms with Crippen LogP contribution in [0.1, 0.15) is 52.6 Å². The molecule has 0 unspecified atom stereocenters. The number of benzene rings is 3. The molecule has 1 N–H and O–H groups in total. The Bertz CT molecular complexity index is 1830. The Morgan fingerprint density at radius 2 is 1.70 bits per heavy atom. The van der Waals surface area contributed by atoms with Crippen LogP contribution in [-0.2, 0) is 19.4 Å². The van der Waals surface area contributed by atoms with Crippen LogP contribution in [0.25, 0.3) is 33.6 Å². The molecule has 2 aromatic heterocycles. The fourth-order valence-electron chi connectivity index (χ4n) is 5.04. The van der Waals surface area contributed by atoms with Crippen molar-refractivity contribution in [2.24, 2.45) is 0 Å². The number of H-pyrrole nitrogens is 1. The number of nitrogens with zero attached hydrogens (tertiary/aromatic N) is 3. The Hall–Kier alpha value is -3.15. The van der Waals surface area contributed by atoms with Gasteiger partial charge in [-0.15, -0.1) is 0 Å². The molecule has 218 valence electrons. The van der Waals surface area contributed by atoms with Crippen LogP contribution in [0.3, 0.4) is 0 Å². The van der Waals surface area contributed by atoms with Crippen molar-refractivity contribution in [1.29, 1.82) is 0 Å². The van der Waals surface area contributed by atoms with Crippen LogP contribution in [-0.4, -0.2) is 25.8 Å². The van der Waals surface area contributed by atoms with Gasteiger partial charge in [0.25, 0.3) is 5.56 Å². The van der Waals surface area contributed by atoms with E-state index in [0.29, 0.717) is 47.9 Å². The van der Waals surface area contributed by atoms with Gasteiger partial charge in [-0.25, -0.2) is 14.2 Å². The van der Waals surface area contributed by atoms with Crippen LogP contribution >= 0.6 is 0 Å². The minimum atomic E-state index is -0.617. The van der Waals surface area contributed by atoms with E-state index in [4.69, 9.17) is 14.2 Å². The summed E-state index contributed by atoms with van der Waals surface area (Å²) in [4.78, 5) is 33.0. The molecular weight excluding hydrogens is 574 g/mol. The Balaban J connectivity index is 0.00000264. The number of halogens is 1. The van der Waals surface area contributed by atoms with E-state index in [9.17, 15) is 14.0 Å². The Morgan fingerprint density at radius 3 is 2.30 bits per heavy atom. The van der Waals surface area contributed by atoms with Crippen LogP contribution in [0.2, 0.25) is 0 Å². The molecule has 0 aliphatic heterocycles. The second-order valence-corrected chi connectivity index (χ2v) is 10.3. The molecule has 0 radical (unpaired) electrons. The van der Waals surface area contributed by atoms with E-state index in [-0.39, 0.29) is 70.2 Å². The molecule has 0 spiro atoms. The quantitative estimate of drug-likeness (QED) is 0.244. The van der Waals surface area contributed by atoms with Crippen molar-refractivity contribution >= 4 is 0 Å². The molecule has 10 heteroatoms.